The van der Waals surface area contributed by atoms with Crippen molar-refractivity contribution < 1.29 is 14.3 Å². The fraction of sp³-hybridized carbons (Fsp3) is 0.318. The van der Waals surface area contributed by atoms with Gasteiger partial charge in [-0.25, -0.2) is 4.98 Å². The summed E-state index contributed by atoms with van der Waals surface area (Å²) in [4.78, 5) is 30.8. The second kappa shape index (κ2) is 7.95. The topological polar surface area (TPSA) is 90.5 Å². The average Bonchev–Trinajstić information content (AvgIpc) is 3.09. The minimum absolute atomic E-state index is 0.0592. The number of imidazole rings is 1. The van der Waals surface area contributed by atoms with Gasteiger partial charge in [0.1, 0.15) is 11.6 Å². The first-order valence-electron chi connectivity index (χ1n) is 9.78. The number of fused-ring (bicyclic) bond motifs is 1. The summed E-state index contributed by atoms with van der Waals surface area (Å²) in [7, 11) is 2.00. The van der Waals surface area contributed by atoms with E-state index >= 15 is 0 Å². The largest absolute Gasteiger partial charge is 0.484 e. The molecule has 4 rings (SSSR count). The maximum Gasteiger partial charge on any atom is 0.261 e. The number of aromatic nitrogens is 2. The number of amides is 2. The molecule has 1 aromatic heterocycles. The van der Waals surface area contributed by atoms with Gasteiger partial charge < -0.3 is 19.9 Å². The highest BCUT2D eigenvalue weighted by Gasteiger charge is 2.31. The lowest BCUT2D eigenvalue weighted by molar-refractivity contribution is -0.137. The molecular formula is C22H24N4O3. The Labute approximate surface area is 169 Å². The third-order valence-electron chi connectivity index (χ3n) is 5.44. The summed E-state index contributed by atoms with van der Waals surface area (Å²) in [6.45, 7) is 0.632. The molecule has 1 fully saturated rings. The Kier molecular flexibility index (Phi) is 5.20. The number of rotatable bonds is 5. The molecule has 0 spiro atoms. The van der Waals surface area contributed by atoms with Crippen LogP contribution in [0.3, 0.4) is 0 Å². The second-order valence-corrected chi connectivity index (χ2v) is 7.29. The summed E-state index contributed by atoms with van der Waals surface area (Å²) in [6.07, 6.45) is 2.92. The number of aryl methyl sites for hydroxylation is 1. The number of ether oxygens (including phenoxy) is 1. The van der Waals surface area contributed by atoms with E-state index in [1.54, 1.807) is 24.3 Å². The molecule has 0 saturated carbocycles. The van der Waals surface area contributed by atoms with E-state index in [1.165, 1.54) is 0 Å². The monoisotopic (exact) mass is 392 g/mol. The third-order valence-corrected chi connectivity index (χ3v) is 5.44. The first-order valence-corrected chi connectivity index (χ1v) is 9.78. The van der Waals surface area contributed by atoms with Crippen LogP contribution in [0.5, 0.6) is 5.75 Å². The predicted molar refractivity (Wildman–Crippen MR) is 109 cm³/mol. The number of piperidine rings is 1. The van der Waals surface area contributed by atoms with Crippen LogP contribution >= 0.6 is 0 Å². The smallest absolute Gasteiger partial charge is 0.261 e. The van der Waals surface area contributed by atoms with Crippen molar-refractivity contribution in [2.45, 2.75) is 25.3 Å². The fourth-order valence-electron chi connectivity index (χ4n) is 3.90. The molecule has 1 aliphatic heterocycles. The first kappa shape index (κ1) is 19.0. The maximum atomic E-state index is 12.9. The Morgan fingerprint density at radius 3 is 2.62 bits per heavy atom. The van der Waals surface area contributed by atoms with Crippen LogP contribution in [0.4, 0.5) is 0 Å². The molecule has 1 aliphatic rings. The summed E-state index contributed by atoms with van der Waals surface area (Å²) in [5.41, 5.74) is 7.65. The molecule has 2 amide bonds. The number of hydrogen-bond acceptors (Lipinski definition) is 4. The standard InChI is InChI=1S/C22H24N4O3/c1-25-18-7-3-2-6-17(18)24-22(25)19-8-4-5-13-26(19)20(27)14-29-16-11-9-15(10-12-16)21(23)28/h2-3,6-7,9-12,19H,4-5,8,13-14H2,1H3,(H2,23,28)/t19-/m0/s1. The molecule has 0 aliphatic carbocycles. The molecule has 2 aromatic carbocycles. The van der Waals surface area contributed by atoms with Crippen molar-refractivity contribution in [2.24, 2.45) is 12.8 Å². The van der Waals surface area contributed by atoms with Crippen LogP contribution in [0.15, 0.2) is 48.5 Å². The van der Waals surface area contributed by atoms with Crippen LogP contribution in [0.2, 0.25) is 0 Å². The summed E-state index contributed by atoms with van der Waals surface area (Å²) < 4.78 is 7.74. The van der Waals surface area contributed by atoms with E-state index < -0.39 is 5.91 Å². The number of benzene rings is 2. The summed E-state index contributed by atoms with van der Waals surface area (Å²) in [6, 6.07) is 14.4. The first-order chi connectivity index (χ1) is 14.0. The van der Waals surface area contributed by atoms with Crippen molar-refractivity contribution in [3.63, 3.8) is 0 Å². The Morgan fingerprint density at radius 1 is 1.14 bits per heavy atom. The molecule has 3 aromatic rings. The predicted octanol–water partition coefficient (Wildman–Crippen LogP) is 2.80. The van der Waals surface area contributed by atoms with Crippen molar-refractivity contribution in [1.29, 1.82) is 0 Å². The Hall–Kier alpha value is -3.35. The Balaban J connectivity index is 1.50. The van der Waals surface area contributed by atoms with E-state index in [-0.39, 0.29) is 18.6 Å². The number of carbonyl (C=O) groups excluding carboxylic acids is 2. The van der Waals surface area contributed by atoms with Gasteiger partial charge in [-0.3, -0.25) is 9.59 Å². The zero-order chi connectivity index (χ0) is 20.4. The summed E-state index contributed by atoms with van der Waals surface area (Å²) in [5, 5.41) is 0. The van der Waals surface area contributed by atoms with Crippen molar-refractivity contribution >= 4 is 22.8 Å². The van der Waals surface area contributed by atoms with Crippen LogP contribution in [0.1, 0.15) is 41.5 Å². The van der Waals surface area contributed by atoms with Crippen LogP contribution in [0.25, 0.3) is 11.0 Å². The highest BCUT2D eigenvalue weighted by Crippen LogP contribution is 2.32. The molecule has 1 atom stereocenters. The van der Waals surface area contributed by atoms with Gasteiger partial charge in [0.15, 0.2) is 6.61 Å². The minimum Gasteiger partial charge on any atom is -0.484 e. The number of likely N-dealkylation sites (tertiary alicyclic amines) is 1. The lowest BCUT2D eigenvalue weighted by Crippen LogP contribution is -2.42. The third kappa shape index (κ3) is 3.81. The van der Waals surface area contributed by atoms with E-state index in [2.05, 4.69) is 4.57 Å². The Bertz CT molecular complexity index is 1040. The van der Waals surface area contributed by atoms with Gasteiger partial charge in [-0.05, 0) is 55.7 Å². The zero-order valence-electron chi connectivity index (χ0n) is 16.4. The second-order valence-electron chi connectivity index (χ2n) is 7.29. The van der Waals surface area contributed by atoms with E-state index in [1.807, 2.05) is 36.2 Å². The zero-order valence-corrected chi connectivity index (χ0v) is 16.4. The number of primary amides is 1. The molecule has 150 valence electrons. The molecule has 1 saturated heterocycles. The van der Waals surface area contributed by atoms with E-state index in [0.29, 0.717) is 17.9 Å². The SMILES string of the molecule is Cn1c([C@@H]2CCCCN2C(=O)COc2ccc(C(N)=O)cc2)nc2ccccc21. The van der Waals surface area contributed by atoms with Gasteiger partial charge in [-0.2, -0.15) is 0 Å². The van der Waals surface area contributed by atoms with Gasteiger partial charge in [-0.15, -0.1) is 0 Å². The van der Waals surface area contributed by atoms with E-state index in [9.17, 15) is 9.59 Å². The van der Waals surface area contributed by atoms with Gasteiger partial charge >= 0.3 is 0 Å². The van der Waals surface area contributed by atoms with E-state index in [4.69, 9.17) is 15.5 Å². The average molecular weight is 392 g/mol. The lowest BCUT2D eigenvalue weighted by Gasteiger charge is -2.35. The van der Waals surface area contributed by atoms with Gasteiger partial charge in [0.25, 0.3) is 5.91 Å². The van der Waals surface area contributed by atoms with Gasteiger partial charge in [0.05, 0.1) is 17.1 Å². The molecule has 0 radical (unpaired) electrons. The van der Waals surface area contributed by atoms with Crippen molar-refractivity contribution in [2.75, 3.05) is 13.2 Å². The van der Waals surface area contributed by atoms with Crippen molar-refractivity contribution in [3.05, 3.63) is 59.9 Å². The Morgan fingerprint density at radius 2 is 1.90 bits per heavy atom. The molecule has 29 heavy (non-hydrogen) atoms. The van der Waals surface area contributed by atoms with Crippen LogP contribution in [-0.2, 0) is 11.8 Å². The van der Waals surface area contributed by atoms with Crippen LogP contribution < -0.4 is 10.5 Å². The number of nitrogens with zero attached hydrogens (tertiary/aromatic N) is 3. The van der Waals surface area contributed by atoms with E-state index in [0.717, 1.165) is 36.1 Å². The van der Waals surface area contributed by atoms with Crippen LogP contribution in [-0.4, -0.2) is 39.4 Å². The maximum absolute atomic E-state index is 12.9. The number of nitrogens with two attached hydrogens (primary N) is 1. The summed E-state index contributed by atoms with van der Waals surface area (Å²) >= 11 is 0. The minimum atomic E-state index is -0.494. The number of hydrogen-bond donors (Lipinski definition) is 1. The quantitative estimate of drug-likeness (QED) is 0.723. The van der Waals surface area contributed by atoms with Gasteiger partial charge in [0, 0.05) is 19.2 Å². The normalized spacial score (nSPS) is 16.7. The molecule has 0 bridgehead atoms. The van der Waals surface area contributed by atoms with Crippen molar-refractivity contribution in [1.82, 2.24) is 14.5 Å². The summed E-state index contributed by atoms with van der Waals surface area (Å²) in [5.74, 6) is 0.872. The van der Waals surface area contributed by atoms with Crippen molar-refractivity contribution in [3.8, 4) is 5.75 Å². The molecular weight excluding hydrogens is 368 g/mol. The highest BCUT2D eigenvalue weighted by atomic mass is 16.5. The van der Waals surface area contributed by atoms with Gasteiger partial charge in [-0.1, -0.05) is 12.1 Å². The molecule has 2 heterocycles. The molecule has 7 nitrogen and oxygen atoms in total. The number of para-hydroxylation sites is 2. The molecule has 7 heteroatoms. The lowest BCUT2D eigenvalue weighted by atomic mass is 10.0. The highest BCUT2D eigenvalue weighted by molar-refractivity contribution is 5.92. The van der Waals surface area contributed by atoms with Gasteiger partial charge in [0.2, 0.25) is 5.91 Å². The molecule has 0 unspecified atom stereocenters. The number of carbonyl (C=O) groups is 2. The van der Waals surface area contributed by atoms with Crippen LogP contribution in [0, 0.1) is 0 Å². The molecule has 2 N–H and O–H groups in total. The fourth-order valence-corrected chi connectivity index (χ4v) is 3.90.